The van der Waals surface area contributed by atoms with Crippen LogP contribution >= 0.6 is 7.82 Å². The molecule has 1 aromatic heterocycles. The lowest BCUT2D eigenvalue weighted by Crippen LogP contribution is -2.31. The summed E-state index contributed by atoms with van der Waals surface area (Å²) in [4.78, 5) is 11.0. The lowest BCUT2D eigenvalue weighted by atomic mass is 10.3. The number of aromatic nitrogens is 2. The second kappa shape index (κ2) is 15.3. The van der Waals surface area contributed by atoms with Crippen LogP contribution in [0, 0.1) is 0 Å². The van der Waals surface area contributed by atoms with Crippen molar-refractivity contribution in [1.29, 1.82) is 0 Å². The molecule has 0 amide bonds. The maximum absolute atomic E-state index is 11.0. The molecule has 154 valence electrons. The number of nitrogens with zero attached hydrogens (tertiary/aromatic N) is 2. The average Bonchev–Trinajstić information content (AvgIpc) is 3.09. The van der Waals surface area contributed by atoms with E-state index in [1.807, 2.05) is 20.0 Å². The Morgan fingerprint density at radius 3 is 2.08 bits per heavy atom. The predicted molar refractivity (Wildman–Crippen MR) is 102 cm³/mol. The van der Waals surface area contributed by atoms with Crippen molar-refractivity contribution in [3.63, 3.8) is 0 Å². The highest BCUT2D eigenvalue weighted by molar-refractivity contribution is 7.45. The quantitative estimate of drug-likeness (QED) is 0.315. The van der Waals surface area contributed by atoms with Crippen LogP contribution in [0.5, 0.6) is 0 Å². The summed E-state index contributed by atoms with van der Waals surface area (Å²) in [6, 6.07) is 0. The SMILES string of the molecule is CCCCOP(=O)([O-])OCCCC.CCCC[n+]1ccn(C(N)CC)c1. The van der Waals surface area contributed by atoms with Gasteiger partial charge in [-0.25, -0.2) is 9.13 Å². The van der Waals surface area contributed by atoms with Crippen molar-refractivity contribution in [2.75, 3.05) is 13.2 Å². The smallest absolute Gasteiger partial charge is 0.267 e. The van der Waals surface area contributed by atoms with Gasteiger partial charge in [0.05, 0.1) is 19.8 Å². The van der Waals surface area contributed by atoms with Crippen LogP contribution in [0.15, 0.2) is 18.7 Å². The second-order valence-corrected chi connectivity index (χ2v) is 7.66. The topological polar surface area (TPSA) is 93.4 Å². The summed E-state index contributed by atoms with van der Waals surface area (Å²) in [5, 5.41) is 0. The molecule has 0 saturated heterocycles. The fourth-order valence-electron chi connectivity index (χ4n) is 1.97. The number of phosphoric acid groups is 1. The van der Waals surface area contributed by atoms with Gasteiger partial charge in [0.25, 0.3) is 7.82 Å². The van der Waals surface area contributed by atoms with Crippen molar-refractivity contribution in [2.24, 2.45) is 5.73 Å². The fourth-order valence-corrected chi connectivity index (χ4v) is 2.75. The molecular weight excluding hydrogens is 353 g/mol. The lowest BCUT2D eigenvalue weighted by Gasteiger charge is -2.22. The van der Waals surface area contributed by atoms with Gasteiger partial charge in [-0.1, -0.05) is 47.0 Å². The van der Waals surface area contributed by atoms with Crippen molar-refractivity contribution < 1.29 is 23.1 Å². The van der Waals surface area contributed by atoms with Gasteiger partial charge in [-0.3, -0.25) is 10.3 Å². The summed E-state index contributed by atoms with van der Waals surface area (Å²) >= 11 is 0. The minimum atomic E-state index is -4.00. The van der Waals surface area contributed by atoms with E-state index >= 15 is 0 Å². The number of nitrogens with two attached hydrogens (primary N) is 1. The van der Waals surface area contributed by atoms with E-state index in [0.29, 0.717) is 0 Å². The van der Waals surface area contributed by atoms with E-state index < -0.39 is 7.82 Å². The van der Waals surface area contributed by atoms with Crippen LogP contribution < -0.4 is 15.2 Å². The van der Waals surface area contributed by atoms with Gasteiger partial charge in [-0.15, -0.1) is 0 Å². The molecule has 1 unspecified atom stereocenters. The monoisotopic (exact) mass is 391 g/mol. The summed E-state index contributed by atoms with van der Waals surface area (Å²) in [5.41, 5.74) is 5.89. The van der Waals surface area contributed by atoms with Gasteiger partial charge in [-0.05, 0) is 25.7 Å². The maximum Gasteiger partial charge on any atom is 0.267 e. The van der Waals surface area contributed by atoms with E-state index in [1.54, 1.807) is 0 Å². The maximum atomic E-state index is 11.0. The molecule has 2 N–H and O–H groups in total. The highest BCUT2D eigenvalue weighted by Crippen LogP contribution is 2.38. The summed E-state index contributed by atoms with van der Waals surface area (Å²) in [7, 11) is -4.00. The van der Waals surface area contributed by atoms with Crippen LogP contribution in [0.3, 0.4) is 0 Å². The number of imidazole rings is 1. The van der Waals surface area contributed by atoms with Gasteiger partial charge in [0, 0.05) is 0 Å². The summed E-state index contributed by atoms with van der Waals surface area (Å²) in [6.07, 6.45) is 13.1. The number of unbranched alkanes of at least 4 members (excludes halogenated alkanes) is 3. The van der Waals surface area contributed by atoms with E-state index in [1.165, 1.54) is 12.8 Å². The third-order valence-corrected chi connectivity index (χ3v) is 4.78. The average molecular weight is 391 g/mol. The second-order valence-electron chi connectivity index (χ2n) is 6.25. The molecular formula is C18H38N3O4P. The molecule has 0 aliphatic heterocycles. The zero-order valence-corrected chi connectivity index (χ0v) is 17.8. The van der Waals surface area contributed by atoms with Crippen molar-refractivity contribution in [1.82, 2.24) is 4.57 Å². The fraction of sp³-hybridized carbons (Fsp3) is 0.833. The zero-order valence-electron chi connectivity index (χ0n) is 16.9. The highest BCUT2D eigenvalue weighted by Gasteiger charge is 2.09. The highest BCUT2D eigenvalue weighted by atomic mass is 31.2. The molecule has 1 aromatic rings. The third kappa shape index (κ3) is 12.6. The van der Waals surface area contributed by atoms with Crippen LogP contribution in [-0.4, -0.2) is 17.8 Å². The van der Waals surface area contributed by atoms with Gasteiger partial charge >= 0.3 is 0 Å². The van der Waals surface area contributed by atoms with E-state index in [4.69, 9.17) is 5.73 Å². The van der Waals surface area contributed by atoms with E-state index in [9.17, 15) is 9.46 Å². The molecule has 0 aliphatic rings. The molecule has 0 aromatic carbocycles. The van der Waals surface area contributed by atoms with E-state index in [-0.39, 0.29) is 19.4 Å². The Labute approximate surface area is 159 Å². The number of phosphoric ester groups is 1. The van der Waals surface area contributed by atoms with Crippen LogP contribution in [0.2, 0.25) is 0 Å². The molecule has 0 saturated carbocycles. The number of hydrogen-bond donors (Lipinski definition) is 1. The molecule has 0 spiro atoms. The van der Waals surface area contributed by atoms with Crippen LogP contribution in [-0.2, 0) is 20.2 Å². The van der Waals surface area contributed by atoms with Crippen molar-refractivity contribution in [3.05, 3.63) is 18.7 Å². The van der Waals surface area contributed by atoms with Gasteiger partial charge < -0.3 is 13.9 Å². The minimum absolute atomic E-state index is 0.128. The predicted octanol–water partition coefficient (Wildman–Crippen LogP) is 3.53. The Bertz CT molecular complexity index is 483. The Hall–Kier alpha value is -0.720. The number of rotatable bonds is 13. The first kappa shape index (κ1) is 25.3. The normalized spacial score (nSPS) is 12.5. The summed E-state index contributed by atoms with van der Waals surface area (Å²) in [6.45, 7) is 9.79. The van der Waals surface area contributed by atoms with E-state index in [0.717, 1.165) is 38.6 Å². The Morgan fingerprint density at radius 2 is 1.62 bits per heavy atom. The summed E-state index contributed by atoms with van der Waals surface area (Å²) in [5.74, 6) is 0. The van der Waals surface area contributed by atoms with Crippen LogP contribution in [0.25, 0.3) is 0 Å². The minimum Gasteiger partial charge on any atom is -0.756 e. The Kier molecular flexibility index (Phi) is 14.9. The molecule has 26 heavy (non-hydrogen) atoms. The van der Waals surface area contributed by atoms with Gasteiger partial charge in [0.2, 0.25) is 6.33 Å². The third-order valence-electron chi connectivity index (χ3n) is 3.78. The molecule has 7 nitrogen and oxygen atoms in total. The number of aryl methyl sites for hydroxylation is 1. The van der Waals surface area contributed by atoms with E-state index in [2.05, 4.69) is 44.6 Å². The molecule has 1 atom stereocenters. The Morgan fingerprint density at radius 1 is 1.08 bits per heavy atom. The van der Waals surface area contributed by atoms with Gasteiger partial charge in [0.15, 0.2) is 0 Å². The molecule has 8 heteroatoms. The lowest BCUT2D eigenvalue weighted by molar-refractivity contribution is -0.697. The Balaban J connectivity index is 0.000000481. The molecule has 1 heterocycles. The molecule has 0 bridgehead atoms. The van der Waals surface area contributed by atoms with Gasteiger partial charge in [0.1, 0.15) is 18.6 Å². The first-order valence-corrected chi connectivity index (χ1v) is 11.3. The van der Waals surface area contributed by atoms with Crippen molar-refractivity contribution >= 4 is 7.82 Å². The zero-order chi connectivity index (χ0) is 19.8. The first-order chi connectivity index (χ1) is 12.4. The first-order valence-electron chi connectivity index (χ1n) is 9.82. The molecule has 0 fully saturated rings. The van der Waals surface area contributed by atoms with Crippen molar-refractivity contribution in [2.45, 2.75) is 85.4 Å². The van der Waals surface area contributed by atoms with Crippen LogP contribution in [0.1, 0.15) is 78.8 Å². The molecule has 0 radical (unpaired) electrons. The largest absolute Gasteiger partial charge is 0.756 e. The molecule has 0 aliphatic carbocycles. The summed E-state index contributed by atoms with van der Waals surface area (Å²) < 4.78 is 24.4. The van der Waals surface area contributed by atoms with Gasteiger partial charge in [-0.2, -0.15) is 0 Å². The molecule has 1 rings (SSSR count). The van der Waals surface area contributed by atoms with Crippen LogP contribution in [0.4, 0.5) is 0 Å². The number of hydrogen-bond acceptors (Lipinski definition) is 5. The standard InChI is InChI=1S/C10H20N3.C8H19O4P/c1-3-5-6-12-7-8-13(9-12)10(11)4-2;1-3-5-7-11-13(9,10)12-8-6-4-2/h7-10H,3-6,11H2,1-2H3;3-8H2,1-2H3,(H,9,10)/q+1;/p-1. The van der Waals surface area contributed by atoms with Crippen molar-refractivity contribution in [3.8, 4) is 0 Å².